The first-order valence-electron chi connectivity index (χ1n) is 10.3. The van der Waals surface area contributed by atoms with Crippen molar-refractivity contribution in [3.63, 3.8) is 0 Å². The number of aryl methyl sites for hydroxylation is 1. The van der Waals surface area contributed by atoms with Gasteiger partial charge in [-0.1, -0.05) is 44.6 Å². The molecule has 4 atom stereocenters. The molecule has 2 saturated heterocycles. The largest absolute Gasteiger partial charge is 0.353 e. The molecular weight excluding hydrogens is 364 g/mol. The predicted molar refractivity (Wildman–Crippen MR) is 113 cm³/mol. The zero-order valence-electron chi connectivity index (χ0n) is 18.3. The molecule has 0 radical (unpaired) electrons. The topological polar surface area (TPSA) is 57.7 Å². The number of hydrogen-bond acceptors (Lipinski definition) is 4. The van der Waals surface area contributed by atoms with E-state index in [0.717, 1.165) is 16.8 Å². The fourth-order valence-corrected chi connectivity index (χ4v) is 5.10. The lowest BCUT2D eigenvalue weighted by Crippen LogP contribution is -2.54. The van der Waals surface area contributed by atoms with Gasteiger partial charge in [0.05, 0.1) is 17.9 Å². The lowest BCUT2D eigenvalue weighted by molar-refractivity contribution is -0.146. The number of rotatable bonds is 1. The quantitative estimate of drug-likeness (QED) is 0.683. The Balaban J connectivity index is 1.90. The first-order valence-corrected chi connectivity index (χ1v) is 10.3. The van der Waals surface area contributed by atoms with E-state index in [2.05, 4.69) is 6.07 Å². The van der Waals surface area contributed by atoms with Crippen molar-refractivity contribution in [2.24, 2.45) is 17.3 Å². The maximum absolute atomic E-state index is 13.6. The number of likely N-dealkylation sites (tertiary alicyclic amines) is 1. The zero-order valence-corrected chi connectivity index (χ0v) is 18.3. The van der Waals surface area contributed by atoms with E-state index in [0.29, 0.717) is 0 Å². The number of Topliss-reactive ketones (excluding diaryl/α,β-unsaturated/α-hetero) is 1. The molecule has 0 unspecified atom stereocenters. The summed E-state index contributed by atoms with van der Waals surface area (Å²) in [5.74, 6) is -1.54. The SMILES string of the molecule is Cc1ccc2c(c1)C=C[C@@H]1[C@@H]3C(=O)N(C(C)(C)C)C(=O)[C@H]3[C@H](C(=O)C(C)(C)C)N21. The monoisotopic (exact) mass is 394 g/mol. The molecule has 0 N–H and O–H groups in total. The number of carbonyl (C=O) groups excluding carboxylic acids is 3. The van der Waals surface area contributed by atoms with Crippen LogP contribution in [0.5, 0.6) is 0 Å². The number of ketones is 1. The van der Waals surface area contributed by atoms with Gasteiger partial charge in [-0.3, -0.25) is 19.3 Å². The van der Waals surface area contributed by atoms with Crippen molar-refractivity contribution in [3.8, 4) is 0 Å². The highest BCUT2D eigenvalue weighted by Gasteiger charge is 2.65. The second kappa shape index (κ2) is 6.04. The van der Waals surface area contributed by atoms with Crippen molar-refractivity contribution in [2.45, 2.75) is 66.1 Å². The second-order valence-corrected chi connectivity index (χ2v) is 10.6. The third-order valence-electron chi connectivity index (χ3n) is 6.34. The van der Waals surface area contributed by atoms with Gasteiger partial charge < -0.3 is 4.90 Å². The number of fused-ring (bicyclic) bond motifs is 5. The molecule has 4 rings (SSSR count). The Bertz CT molecular complexity index is 948. The number of carbonyl (C=O) groups is 3. The fourth-order valence-electron chi connectivity index (χ4n) is 5.10. The van der Waals surface area contributed by atoms with Crippen LogP contribution in [-0.4, -0.2) is 40.1 Å². The molecule has 2 amide bonds. The van der Waals surface area contributed by atoms with Gasteiger partial charge in [-0.25, -0.2) is 0 Å². The summed E-state index contributed by atoms with van der Waals surface area (Å²) in [6.45, 7) is 13.3. The van der Waals surface area contributed by atoms with Gasteiger partial charge in [-0.15, -0.1) is 0 Å². The Kier molecular flexibility index (Phi) is 4.14. The summed E-state index contributed by atoms with van der Waals surface area (Å²) in [6, 6.07) is 5.20. The van der Waals surface area contributed by atoms with Gasteiger partial charge in [-0.05, 0) is 45.4 Å². The minimum atomic E-state index is -0.643. The van der Waals surface area contributed by atoms with Crippen molar-refractivity contribution >= 4 is 29.4 Å². The Morgan fingerprint density at radius 2 is 1.59 bits per heavy atom. The molecule has 0 aliphatic carbocycles. The van der Waals surface area contributed by atoms with Crippen LogP contribution in [0.3, 0.4) is 0 Å². The number of amides is 2. The van der Waals surface area contributed by atoms with E-state index in [1.165, 1.54) is 4.90 Å². The van der Waals surface area contributed by atoms with Gasteiger partial charge in [-0.2, -0.15) is 0 Å². The van der Waals surface area contributed by atoms with Gasteiger partial charge >= 0.3 is 0 Å². The Morgan fingerprint density at radius 1 is 0.966 bits per heavy atom. The number of nitrogens with zero attached hydrogens (tertiary/aromatic N) is 2. The highest BCUT2D eigenvalue weighted by Crippen LogP contribution is 2.50. The summed E-state index contributed by atoms with van der Waals surface area (Å²) in [6.07, 6.45) is 4.04. The molecule has 1 aromatic rings. The van der Waals surface area contributed by atoms with Crippen LogP contribution in [0.2, 0.25) is 0 Å². The van der Waals surface area contributed by atoms with Gasteiger partial charge in [0.1, 0.15) is 6.04 Å². The minimum Gasteiger partial charge on any atom is -0.353 e. The van der Waals surface area contributed by atoms with Gasteiger partial charge in [0.2, 0.25) is 11.8 Å². The lowest BCUT2D eigenvalue weighted by Gasteiger charge is -2.40. The molecule has 29 heavy (non-hydrogen) atoms. The predicted octanol–water partition coefficient (Wildman–Crippen LogP) is 3.59. The summed E-state index contributed by atoms with van der Waals surface area (Å²) >= 11 is 0. The number of imide groups is 1. The van der Waals surface area contributed by atoms with E-state index in [4.69, 9.17) is 0 Å². The Morgan fingerprint density at radius 3 is 2.17 bits per heavy atom. The minimum absolute atomic E-state index is 0.00809. The zero-order chi connectivity index (χ0) is 21.5. The first kappa shape index (κ1) is 19.9. The van der Waals surface area contributed by atoms with E-state index >= 15 is 0 Å². The molecule has 0 saturated carbocycles. The molecule has 1 aromatic carbocycles. The van der Waals surface area contributed by atoms with Crippen LogP contribution in [0.4, 0.5) is 5.69 Å². The average Bonchev–Trinajstić information content (AvgIpc) is 3.06. The van der Waals surface area contributed by atoms with Crippen molar-refractivity contribution in [3.05, 3.63) is 35.4 Å². The van der Waals surface area contributed by atoms with E-state index in [1.54, 1.807) is 0 Å². The van der Waals surface area contributed by atoms with Crippen LogP contribution in [0.25, 0.3) is 6.08 Å². The van der Waals surface area contributed by atoms with Crippen molar-refractivity contribution < 1.29 is 14.4 Å². The number of hydrogen-bond donors (Lipinski definition) is 0. The molecule has 3 aliphatic rings. The van der Waals surface area contributed by atoms with Crippen molar-refractivity contribution in [1.29, 1.82) is 0 Å². The third kappa shape index (κ3) is 2.77. The molecule has 2 fully saturated rings. The summed E-state index contributed by atoms with van der Waals surface area (Å²) in [5.41, 5.74) is 1.88. The van der Waals surface area contributed by atoms with E-state index in [9.17, 15) is 14.4 Å². The van der Waals surface area contributed by atoms with Gasteiger partial charge in [0.15, 0.2) is 5.78 Å². The average molecular weight is 395 g/mol. The van der Waals surface area contributed by atoms with Crippen LogP contribution < -0.4 is 4.90 Å². The van der Waals surface area contributed by atoms with Crippen LogP contribution in [0, 0.1) is 24.2 Å². The third-order valence-corrected chi connectivity index (χ3v) is 6.34. The molecule has 0 aromatic heterocycles. The van der Waals surface area contributed by atoms with Crippen molar-refractivity contribution in [2.75, 3.05) is 4.90 Å². The van der Waals surface area contributed by atoms with Crippen LogP contribution in [-0.2, 0) is 14.4 Å². The molecule has 0 spiro atoms. The summed E-state index contributed by atoms with van der Waals surface area (Å²) in [7, 11) is 0. The Labute approximate surface area is 172 Å². The highest BCUT2D eigenvalue weighted by atomic mass is 16.2. The number of benzene rings is 1. The molecule has 5 nitrogen and oxygen atoms in total. The molecular formula is C24H30N2O3. The first-order chi connectivity index (χ1) is 13.3. The molecule has 3 aliphatic heterocycles. The van der Waals surface area contributed by atoms with E-state index < -0.39 is 28.8 Å². The van der Waals surface area contributed by atoms with Crippen LogP contribution in [0.1, 0.15) is 52.7 Å². The van der Waals surface area contributed by atoms with E-state index in [1.807, 2.05) is 77.7 Å². The summed E-state index contributed by atoms with van der Waals surface area (Å²) < 4.78 is 0. The maximum Gasteiger partial charge on any atom is 0.236 e. The van der Waals surface area contributed by atoms with Crippen LogP contribution in [0.15, 0.2) is 24.3 Å². The van der Waals surface area contributed by atoms with Gasteiger partial charge in [0, 0.05) is 16.6 Å². The fraction of sp³-hybridized carbons (Fsp3) is 0.542. The van der Waals surface area contributed by atoms with E-state index in [-0.39, 0.29) is 23.6 Å². The number of anilines is 1. The lowest BCUT2D eigenvalue weighted by atomic mass is 9.79. The summed E-state index contributed by atoms with van der Waals surface area (Å²) in [5, 5.41) is 0. The highest BCUT2D eigenvalue weighted by molar-refractivity contribution is 6.12. The standard InChI is InChI=1S/C24H30N2O3/c1-13-8-10-15-14(12-13)9-11-16-17-18(19(25(15)16)20(27)23(2,3)4)22(29)26(21(17)28)24(5,6)7/h8-12,16-19H,1-7H3/t16-,17+,18-,19-/m1/s1. The second-order valence-electron chi connectivity index (χ2n) is 10.6. The van der Waals surface area contributed by atoms with Crippen LogP contribution >= 0.6 is 0 Å². The summed E-state index contributed by atoms with van der Waals surface area (Å²) in [4.78, 5) is 44.0. The smallest absolute Gasteiger partial charge is 0.236 e. The Hall–Kier alpha value is -2.43. The maximum atomic E-state index is 13.6. The molecule has 3 heterocycles. The van der Waals surface area contributed by atoms with Gasteiger partial charge in [0.25, 0.3) is 0 Å². The molecule has 0 bridgehead atoms. The molecule has 154 valence electrons. The van der Waals surface area contributed by atoms with Crippen molar-refractivity contribution in [1.82, 2.24) is 4.90 Å². The molecule has 5 heteroatoms. The normalized spacial score (nSPS) is 28.5.